The van der Waals surface area contributed by atoms with Gasteiger partial charge in [-0.15, -0.1) is 5.10 Å². The number of hydrogen-bond acceptors (Lipinski definition) is 5. The molecule has 2 heterocycles. The summed E-state index contributed by atoms with van der Waals surface area (Å²) in [7, 11) is 0. The summed E-state index contributed by atoms with van der Waals surface area (Å²) in [5, 5.41) is 18.5. The van der Waals surface area contributed by atoms with Crippen LogP contribution in [0.1, 0.15) is 5.69 Å². The van der Waals surface area contributed by atoms with E-state index < -0.39 is 0 Å². The molecule has 0 fully saturated rings. The summed E-state index contributed by atoms with van der Waals surface area (Å²) in [6, 6.07) is 12.9. The summed E-state index contributed by atoms with van der Waals surface area (Å²) < 4.78 is 12.8. The van der Waals surface area contributed by atoms with Gasteiger partial charge in [0, 0.05) is 16.7 Å². The zero-order valence-electron chi connectivity index (χ0n) is 12.6. The lowest BCUT2D eigenvalue weighted by Gasteiger charge is -2.19. The first-order chi connectivity index (χ1) is 11.8. The van der Waals surface area contributed by atoms with Gasteiger partial charge in [0.05, 0.1) is 12.3 Å². The molecule has 24 heavy (non-hydrogen) atoms. The summed E-state index contributed by atoms with van der Waals surface area (Å²) >= 11 is 5.97. The highest BCUT2D eigenvalue weighted by molar-refractivity contribution is 6.30. The third-order valence-corrected chi connectivity index (χ3v) is 4.03. The van der Waals surface area contributed by atoms with E-state index >= 15 is 0 Å². The number of fused-ring (bicyclic) bond motifs is 1. The second-order valence-electron chi connectivity index (χ2n) is 5.29. The molecule has 0 aliphatic carbocycles. The number of aliphatic hydroxyl groups is 1. The van der Waals surface area contributed by atoms with E-state index in [1.165, 1.54) is 0 Å². The molecular weight excluding hydrogens is 330 g/mol. The second kappa shape index (κ2) is 6.14. The first kappa shape index (κ1) is 15.0. The van der Waals surface area contributed by atoms with Gasteiger partial charge in [0.2, 0.25) is 0 Å². The Kier molecular flexibility index (Phi) is 3.84. The lowest BCUT2D eigenvalue weighted by atomic mass is 10.1. The van der Waals surface area contributed by atoms with Crippen molar-refractivity contribution in [3.05, 3.63) is 53.2 Å². The van der Waals surface area contributed by atoms with Crippen LogP contribution in [0.25, 0.3) is 16.9 Å². The molecule has 0 saturated heterocycles. The van der Waals surface area contributed by atoms with Gasteiger partial charge in [0.15, 0.2) is 11.5 Å². The first-order valence-corrected chi connectivity index (χ1v) is 7.85. The van der Waals surface area contributed by atoms with Crippen molar-refractivity contribution in [2.45, 2.75) is 6.61 Å². The molecule has 0 amide bonds. The number of rotatable bonds is 3. The smallest absolute Gasteiger partial charge is 0.163 e. The maximum atomic E-state index is 9.60. The van der Waals surface area contributed by atoms with E-state index in [4.69, 9.17) is 21.1 Å². The predicted octanol–water partition coefficient (Wildman–Crippen LogP) is 2.85. The van der Waals surface area contributed by atoms with Crippen LogP contribution in [0.4, 0.5) is 0 Å². The fraction of sp³-hybridized carbons (Fsp3) is 0.176. The number of hydrogen-bond donors (Lipinski definition) is 1. The molecular formula is C17H14ClN3O3. The predicted molar refractivity (Wildman–Crippen MR) is 88.7 cm³/mol. The van der Waals surface area contributed by atoms with Crippen molar-refractivity contribution in [1.82, 2.24) is 15.0 Å². The van der Waals surface area contributed by atoms with E-state index in [0.29, 0.717) is 41.1 Å². The lowest BCUT2D eigenvalue weighted by Crippen LogP contribution is -2.15. The first-order valence-electron chi connectivity index (χ1n) is 7.47. The van der Waals surface area contributed by atoms with Crippen LogP contribution in [0, 0.1) is 0 Å². The zero-order chi connectivity index (χ0) is 16.5. The molecule has 0 radical (unpaired) electrons. The molecule has 1 aliphatic heterocycles. The highest BCUT2D eigenvalue weighted by atomic mass is 35.5. The number of aromatic nitrogens is 3. The van der Waals surface area contributed by atoms with Crippen LogP contribution in [0.15, 0.2) is 42.5 Å². The van der Waals surface area contributed by atoms with Crippen LogP contribution in [0.3, 0.4) is 0 Å². The van der Waals surface area contributed by atoms with Crippen molar-refractivity contribution < 1.29 is 14.6 Å². The Bertz CT molecular complexity index is 877. The van der Waals surface area contributed by atoms with Gasteiger partial charge in [-0.1, -0.05) is 28.9 Å². The molecule has 0 spiro atoms. The molecule has 2 aromatic carbocycles. The van der Waals surface area contributed by atoms with Gasteiger partial charge in [-0.25, -0.2) is 4.68 Å². The summed E-state index contributed by atoms with van der Waals surface area (Å²) in [5.41, 5.74) is 2.85. The van der Waals surface area contributed by atoms with E-state index in [1.807, 2.05) is 30.3 Å². The van der Waals surface area contributed by atoms with Crippen LogP contribution in [-0.4, -0.2) is 33.3 Å². The van der Waals surface area contributed by atoms with E-state index in [9.17, 15) is 5.11 Å². The fourth-order valence-corrected chi connectivity index (χ4v) is 2.79. The number of nitrogens with zero attached hydrogens (tertiary/aromatic N) is 3. The second-order valence-corrected chi connectivity index (χ2v) is 5.73. The van der Waals surface area contributed by atoms with Gasteiger partial charge >= 0.3 is 0 Å². The van der Waals surface area contributed by atoms with Crippen molar-refractivity contribution in [3.63, 3.8) is 0 Å². The van der Waals surface area contributed by atoms with Crippen molar-refractivity contribution in [2.24, 2.45) is 0 Å². The topological polar surface area (TPSA) is 69.4 Å². The van der Waals surface area contributed by atoms with Crippen molar-refractivity contribution >= 4 is 11.6 Å². The van der Waals surface area contributed by atoms with Gasteiger partial charge in [0.25, 0.3) is 0 Å². The molecule has 1 aromatic heterocycles. The Morgan fingerprint density at radius 3 is 2.54 bits per heavy atom. The fourth-order valence-electron chi connectivity index (χ4n) is 2.66. The molecule has 3 aromatic rings. The molecule has 7 heteroatoms. The quantitative estimate of drug-likeness (QED) is 0.792. The molecule has 6 nitrogen and oxygen atoms in total. The summed E-state index contributed by atoms with van der Waals surface area (Å²) in [6.45, 7) is 0.850. The molecule has 0 bridgehead atoms. The Morgan fingerprint density at radius 2 is 1.79 bits per heavy atom. The van der Waals surface area contributed by atoms with Gasteiger partial charge in [-0.2, -0.15) is 0 Å². The number of halogens is 1. The number of benzene rings is 2. The number of aliphatic hydroxyl groups excluding tert-OH is 1. The van der Waals surface area contributed by atoms with Gasteiger partial charge in [0.1, 0.15) is 24.6 Å². The Hall–Kier alpha value is -2.57. The normalized spacial score (nSPS) is 13.1. The molecule has 122 valence electrons. The van der Waals surface area contributed by atoms with Crippen molar-refractivity contribution in [3.8, 4) is 28.4 Å². The van der Waals surface area contributed by atoms with Crippen LogP contribution in [0.5, 0.6) is 11.5 Å². The highest BCUT2D eigenvalue weighted by Crippen LogP contribution is 2.34. The third-order valence-electron chi connectivity index (χ3n) is 3.78. The summed E-state index contributed by atoms with van der Waals surface area (Å²) in [4.78, 5) is 0. The van der Waals surface area contributed by atoms with E-state index in [1.54, 1.807) is 16.8 Å². The molecule has 0 saturated carbocycles. The lowest BCUT2D eigenvalue weighted by molar-refractivity contribution is 0.171. The van der Waals surface area contributed by atoms with Gasteiger partial charge in [-0.05, 0) is 24.3 Å². The Balaban J connectivity index is 1.84. The van der Waals surface area contributed by atoms with Crippen LogP contribution in [-0.2, 0) is 6.61 Å². The van der Waals surface area contributed by atoms with E-state index in [0.717, 1.165) is 11.3 Å². The van der Waals surface area contributed by atoms with Crippen LogP contribution in [0.2, 0.25) is 5.02 Å². The maximum absolute atomic E-state index is 9.60. The van der Waals surface area contributed by atoms with E-state index in [2.05, 4.69) is 10.3 Å². The zero-order valence-corrected chi connectivity index (χ0v) is 13.4. The number of ether oxygens (including phenoxy) is 2. The minimum atomic E-state index is -0.206. The van der Waals surface area contributed by atoms with Crippen molar-refractivity contribution in [2.75, 3.05) is 13.2 Å². The average molecular weight is 344 g/mol. The average Bonchev–Trinajstić information content (AvgIpc) is 3.06. The summed E-state index contributed by atoms with van der Waals surface area (Å²) in [6.07, 6.45) is 0. The third kappa shape index (κ3) is 2.60. The van der Waals surface area contributed by atoms with Crippen LogP contribution >= 0.6 is 11.6 Å². The summed E-state index contributed by atoms with van der Waals surface area (Å²) in [5.74, 6) is 1.38. The monoisotopic (exact) mass is 343 g/mol. The Morgan fingerprint density at radius 1 is 1.04 bits per heavy atom. The van der Waals surface area contributed by atoms with Crippen LogP contribution < -0.4 is 9.47 Å². The SMILES string of the molecule is OCc1nnn(-c2ccc3c(c2)OCCO3)c1-c1ccc(Cl)cc1. The van der Waals surface area contributed by atoms with Gasteiger partial charge < -0.3 is 14.6 Å². The molecule has 0 unspecified atom stereocenters. The highest BCUT2D eigenvalue weighted by Gasteiger charge is 2.18. The molecule has 1 aliphatic rings. The molecule has 4 rings (SSSR count). The Labute approximate surface area is 143 Å². The van der Waals surface area contributed by atoms with Crippen molar-refractivity contribution in [1.29, 1.82) is 0 Å². The minimum Gasteiger partial charge on any atom is -0.486 e. The molecule has 1 N–H and O–H groups in total. The molecule has 0 atom stereocenters. The maximum Gasteiger partial charge on any atom is 0.163 e. The largest absolute Gasteiger partial charge is 0.486 e. The standard InChI is InChI=1S/C17H14ClN3O3/c18-12-3-1-11(2-4-12)17-14(10-22)19-20-21(17)13-5-6-15-16(9-13)24-8-7-23-15/h1-6,9,22H,7-8,10H2. The van der Waals surface area contributed by atoms with E-state index in [-0.39, 0.29) is 6.61 Å². The minimum absolute atomic E-state index is 0.206. The van der Waals surface area contributed by atoms with Gasteiger partial charge in [-0.3, -0.25) is 0 Å².